The van der Waals surface area contributed by atoms with Crippen LogP contribution in [0.3, 0.4) is 0 Å². The molecule has 0 saturated heterocycles. The van der Waals surface area contributed by atoms with E-state index in [-0.39, 0.29) is 6.03 Å². The normalized spacial score (nSPS) is 10.2. The van der Waals surface area contributed by atoms with Gasteiger partial charge in [0.1, 0.15) is 5.82 Å². The Hall–Kier alpha value is -2.01. The summed E-state index contributed by atoms with van der Waals surface area (Å²) < 4.78 is 1.93. The number of hydrogen-bond donors (Lipinski definition) is 2. The summed E-state index contributed by atoms with van der Waals surface area (Å²) in [5, 5.41) is 6.07. The first kappa shape index (κ1) is 13.4. The topological polar surface area (TPSA) is 59.0 Å². The van der Waals surface area contributed by atoms with Crippen molar-refractivity contribution in [2.45, 2.75) is 6.42 Å². The van der Waals surface area contributed by atoms with Gasteiger partial charge in [-0.05, 0) is 18.2 Å². The molecule has 1 aromatic carbocycles. The van der Waals surface area contributed by atoms with E-state index in [1.165, 1.54) is 0 Å². The van der Waals surface area contributed by atoms with Crippen LogP contribution in [0.5, 0.6) is 0 Å². The molecule has 0 radical (unpaired) electrons. The molecule has 1 heterocycles. The lowest BCUT2D eigenvalue weighted by molar-refractivity contribution is 0.252. The molecule has 0 aliphatic carbocycles. The van der Waals surface area contributed by atoms with Crippen LogP contribution in [0.1, 0.15) is 5.82 Å². The minimum Gasteiger partial charge on any atom is -0.338 e. The number of benzene rings is 1. The van der Waals surface area contributed by atoms with Crippen LogP contribution in [0, 0.1) is 0 Å². The van der Waals surface area contributed by atoms with Gasteiger partial charge in [-0.25, -0.2) is 9.78 Å². The Balaban J connectivity index is 1.77. The van der Waals surface area contributed by atoms with Crippen LogP contribution in [0.15, 0.2) is 36.7 Å². The summed E-state index contributed by atoms with van der Waals surface area (Å²) >= 11 is 5.83. The van der Waals surface area contributed by atoms with Gasteiger partial charge < -0.3 is 15.2 Å². The number of nitrogens with one attached hydrogen (secondary N) is 2. The van der Waals surface area contributed by atoms with Gasteiger partial charge in [0.2, 0.25) is 0 Å². The van der Waals surface area contributed by atoms with Crippen molar-refractivity contribution in [3.8, 4) is 0 Å². The van der Waals surface area contributed by atoms with E-state index in [0.29, 0.717) is 23.7 Å². The molecule has 1 aromatic heterocycles. The third-order valence-corrected chi connectivity index (χ3v) is 2.87. The third-order valence-electron chi connectivity index (χ3n) is 2.64. The number of halogens is 1. The fourth-order valence-electron chi connectivity index (χ4n) is 1.67. The number of carbonyl (C=O) groups is 1. The molecule has 2 N–H and O–H groups in total. The average Bonchev–Trinajstić information content (AvgIpc) is 2.75. The maximum absolute atomic E-state index is 11.6. The third kappa shape index (κ3) is 3.99. The molecule has 0 unspecified atom stereocenters. The number of aromatic nitrogens is 2. The molecule has 19 heavy (non-hydrogen) atoms. The van der Waals surface area contributed by atoms with Crippen molar-refractivity contribution in [2.24, 2.45) is 7.05 Å². The number of urea groups is 1. The van der Waals surface area contributed by atoms with Crippen molar-refractivity contribution in [1.82, 2.24) is 14.9 Å². The second kappa shape index (κ2) is 6.24. The Labute approximate surface area is 116 Å². The van der Waals surface area contributed by atoms with Crippen molar-refractivity contribution in [2.75, 3.05) is 11.9 Å². The highest BCUT2D eigenvalue weighted by molar-refractivity contribution is 6.30. The van der Waals surface area contributed by atoms with E-state index in [1.807, 2.05) is 17.8 Å². The molecule has 0 aliphatic rings. The highest BCUT2D eigenvalue weighted by Crippen LogP contribution is 2.14. The maximum atomic E-state index is 11.6. The summed E-state index contributed by atoms with van der Waals surface area (Å²) in [7, 11) is 1.92. The predicted molar refractivity (Wildman–Crippen MR) is 75.4 cm³/mol. The van der Waals surface area contributed by atoms with E-state index in [0.717, 1.165) is 5.82 Å². The molecule has 2 rings (SSSR count). The number of carbonyl (C=O) groups excluding carboxylic acids is 1. The standard InChI is InChI=1S/C13H15ClN4O/c1-18-8-7-15-12(18)5-6-16-13(19)17-11-4-2-3-10(14)9-11/h2-4,7-9H,5-6H2,1H3,(H2,16,17,19). The van der Waals surface area contributed by atoms with Gasteiger partial charge in [-0.3, -0.25) is 0 Å². The highest BCUT2D eigenvalue weighted by atomic mass is 35.5. The SMILES string of the molecule is Cn1ccnc1CCNC(=O)Nc1cccc(Cl)c1. The molecule has 100 valence electrons. The Morgan fingerprint density at radius 1 is 1.47 bits per heavy atom. The number of nitrogens with zero attached hydrogens (tertiary/aromatic N) is 2. The maximum Gasteiger partial charge on any atom is 0.319 e. The fourth-order valence-corrected chi connectivity index (χ4v) is 1.86. The quantitative estimate of drug-likeness (QED) is 0.902. The van der Waals surface area contributed by atoms with Gasteiger partial charge in [-0.2, -0.15) is 0 Å². The minimum atomic E-state index is -0.253. The van der Waals surface area contributed by atoms with Crippen LogP contribution in [0.25, 0.3) is 0 Å². The predicted octanol–water partition coefficient (Wildman–Crippen LogP) is 2.44. The zero-order valence-corrected chi connectivity index (χ0v) is 11.3. The first-order chi connectivity index (χ1) is 9.15. The zero-order chi connectivity index (χ0) is 13.7. The van der Waals surface area contributed by atoms with Crippen molar-refractivity contribution in [1.29, 1.82) is 0 Å². The molecule has 5 nitrogen and oxygen atoms in total. The Morgan fingerprint density at radius 3 is 3.00 bits per heavy atom. The second-order valence-corrected chi connectivity index (χ2v) is 4.53. The Morgan fingerprint density at radius 2 is 2.32 bits per heavy atom. The second-order valence-electron chi connectivity index (χ2n) is 4.10. The number of aryl methyl sites for hydroxylation is 1. The first-order valence-electron chi connectivity index (χ1n) is 5.92. The van der Waals surface area contributed by atoms with Crippen molar-refractivity contribution >= 4 is 23.3 Å². The van der Waals surface area contributed by atoms with Crippen LogP contribution in [-0.4, -0.2) is 22.1 Å². The lowest BCUT2D eigenvalue weighted by Gasteiger charge is -2.07. The number of amides is 2. The molecule has 0 aliphatic heterocycles. The number of hydrogen-bond acceptors (Lipinski definition) is 2. The van der Waals surface area contributed by atoms with Gasteiger partial charge in [-0.15, -0.1) is 0 Å². The molecular weight excluding hydrogens is 264 g/mol. The first-order valence-corrected chi connectivity index (χ1v) is 6.29. The number of anilines is 1. The van der Waals surface area contributed by atoms with Crippen molar-refractivity contribution < 1.29 is 4.79 Å². The van der Waals surface area contributed by atoms with Gasteiger partial charge in [-0.1, -0.05) is 17.7 Å². The summed E-state index contributed by atoms with van der Waals surface area (Å²) in [6.45, 7) is 0.525. The largest absolute Gasteiger partial charge is 0.338 e. The molecule has 0 fully saturated rings. The summed E-state index contributed by atoms with van der Waals surface area (Å²) in [4.78, 5) is 15.8. The molecule has 0 saturated carbocycles. The van der Waals surface area contributed by atoms with Crippen LogP contribution in [-0.2, 0) is 13.5 Å². The van der Waals surface area contributed by atoms with Crippen molar-refractivity contribution in [3.63, 3.8) is 0 Å². The van der Waals surface area contributed by atoms with Gasteiger partial charge in [0.05, 0.1) is 0 Å². The molecule has 0 atom stereocenters. The summed E-state index contributed by atoms with van der Waals surface area (Å²) in [5.41, 5.74) is 0.669. The average molecular weight is 279 g/mol. The van der Waals surface area contributed by atoms with Crippen LogP contribution in [0.2, 0.25) is 5.02 Å². The highest BCUT2D eigenvalue weighted by Gasteiger charge is 2.03. The summed E-state index contributed by atoms with van der Waals surface area (Å²) in [5.74, 6) is 0.933. The van der Waals surface area contributed by atoms with E-state index in [1.54, 1.807) is 30.5 Å². The van der Waals surface area contributed by atoms with Crippen molar-refractivity contribution in [3.05, 3.63) is 47.5 Å². The smallest absolute Gasteiger partial charge is 0.319 e. The lowest BCUT2D eigenvalue weighted by Crippen LogP contribution is -2.30. The Kier molecular flexibility index (Phi) is 4.41. The molecule has 2 aromatic rings. The van der Waals surface area contributed by atoms with Gasteiger partial charge in [0.15, 0.2) is 0 Å². The van der Waals surface area contributed by atoms with E-state index in [2.05, 4.69) is 15.6 Å². The summed E-state index contributed by atoms with van der Waals surface area (Å²) in [6, 6.07) is 6.76. The number of rotatable bonds is 4. The molecule has 0 bridgehead atoms. The molecule has 2 amide bonds. The summed E-state index contributed by atoms with van der Waals surface area (Å²) in [6.07, 6.45) is 4.30. The lowest BCUT2D eigenvalue weighted by atomic mass is 10.3. The molecule has 6 heteroatoms. The zero-order valence-electron chi connectivity index (χ0n) is 10.6. The fraction of sp³-hybridized carbons (Fsp3) is 0.231. The molecular formula is C13H15ClN4O. The molecule has 0 spiro atoms. The Bertz CT molecular complexity index is 567. The minimum absolute atomic E-state index is 0.253. The van der Waals surface area contributed by atoms with Crippen LogP contribution >= 0.6 is 11.6 Å². The van der Waals surface area contributed by atoms with Gasteiger partial charge in [0, 0.05) is 43.1 Å². The van der Waals surface area contributed by atoms with E-state index in [4.69, 9.17) is 11.6 Å². The van der Waals surface area contributed by atoms with Crippen LogP contribution in [0.4, 0.5) is 10.5 Å². The van der Waals surface area contributed by atoms with E-state index < -0.39 is 0 Å². The number of imidazole rings is 1. The van der Waals surface area contributed by atoms with E-state index in [9.17, 15) is 4.79 Å². The monoisotopic (exact) mass is 278 g/mol. The van der Waals surface area contributed by atoms with Gasteiger partial charge in [0.25, 0.3) is 0 Å². The van der Waals surface area contributed by atoms with Crippen LogP contribution < -0.4 is 10.6 Å². The van der Waals surface area contributed by atoms with Gasteiger partial charge >= 0.3 is 6.03 Å². The van der Waals surface area contributed by atoms with E-state index >= 15 is 0 Å².